The fraction of sp³-hybridized carbons (Fsp3) is 0.0800. The molecule has 0 saturated heterocycles. The Kier molecular flexibility index (Phi) is 4.64. The number of nitrogens with zero attached hydrogens (tertiary/aromatic N) is 1. The van der Waals surface area contributed by atoms with Gasteiger partial charge in [-0.1, -0.05) is 12.1 Å². The Morgan fingerprint density at radius 3 is 2.48 bits per heavy atom. The van der Waals surface area contributed by atoms with Crippen LogP contribution >= 0.6 is 11.3 Å². The molecule has 0 unspecified atom stereocenters. The Balaban J connectivity index is 1.39. The molecule has 5 nitrogen and oxygen atoms in total. The van der Waals surface area contributed by atoms with E-state index in [0.29, 0.717) is 16.7 Å². The van der Waals surface area contributed by atoms with Gasteiger partial charge in [-0.05, 0) is 73.5 Å². The number of aryl methyl sites for hydroxylation is 2. The molecule has 2 heterocycles. The molecule has 2 aromatic heterocycles. The van der Waals surface area contributed by atoms with Crippen molar-refractivity contribution < 1.29 is 9.21 Å². The van der Waals surface area contributed by atoms with E-state index >= 15 is 0 Å². The molecule has 31 heavy (non-hydrogen) atoms. The van der Waals surface area contributed by atoms with Crippen LogP contribution in [0, 0.1) is 13.8 Å². The van der Waals surface area contributed by atoms with Crippen LogP contribution in [0.2, 0.25) is 0 Å². The van der Waals surface area contributed by atoms with Gasteiger partial charge in [0.15, 0.2) is 11.2 Å². The molecule has 1 N–H and O–H groups in total. The number of rotatable bonds is 3. The van der Waals surface area contributed by atoms with E-state index in [-0.39, 0.29) is 11.2 Å². The number of hydrogen-bond acceptors (Lipinski definition) is 5. The Morgan fingerprint density at radius 2 is 1.68 bits per heavy atom. The summed E-state index contributed by atoms with van der Waals surface area (Å²) in [6, 6.07) is 20.2. The van der Waals surface area contributed by atoms with Crippen LogP contribution in [-0.4, -0.2) is 10.9 Å². The van der Waals surface area contributed by atoms with Gasteiger partial charge in [0.2, 0.25) is 0 Å². The smallest absolute Gasteiger partial charge is 0.291 e. The zero-order valence-electron chi connectivity index (χ0n) is 16.9. The van der Waals surface area contributed by atoms with Gasteiger partial charge in [-0.3, -0.25) is 9.59 Å². The number of hydrogen-bond donors (Lipinski definition) is 1. The number of nitrogens with one attached hydrogen (secondary N) is 1. The minimum atomic E-state index is -0.469. The van der Waals surface area contributed by atoms with Crippen LogP contribution in [0.5, 0.6) is 0 Å². The van der Waals surface area contributed by atoms with E-state index in [1.807, 2.05) is 43.3 Å². The standard InChI is InChI=1S/C25H18N2O3S/c1-14-3-9-18-20(28)13-22(30-21(18)11-14)24(29)26-17-7-5-16(6-8-17)25-27-19-10-4-15(2)12-23(19)31-25/h3-13H,1-2H3,(H,26,29). The third kappa shape index (κ3) is 3.73. The molecule has 0 aliphatic heterocycles. The zero-order valence-corrected chi connectivity index (χ0v) is 17.7. The van der Waals surface area contributed by atoms with Crippen molar-refractivity contribution in [3.8, 4) is 10.6 Å². The summed E-state index contributed by atoms with van der Waals surface area (Å²) in [4.78, 5) is 29.7. The lowest BCUT2D eigenvalue weighted by molar-refractivity contribution is 0.0997. The number of amides is 1. The van der Waals surface area contributed by atoms with Crippen LogP contribution in [0.25, 0.3) is 31.8 Å². The molecule has 0 fully saturated rings. The normalized spacial score (nSPS) is 11.2. The fourth-order valence-corrected chi connectivity index (χ4v) is 4.49. The maximum absolute atomic E-state index is 12.6. The number of aromatic nitrogens is 1. The second-order valence-electron chi connectivity index (χ2n) is 7.50. The van der Waals surface area contributed by atoms with E-state index in [4.69, 9.17) is 4.42 Å². The maximum Gasteiger partial charge on any atom is 0.291 e. The van der Waals surface area contributed by atoms with Gasteiger partial charge >= 0.3 is 0 Å². The summed E-state index contributed by atoms with van der Waals surface area (Å²) in [7, 11) is 0. The first-order valence-electron chi connectivity index (χ1n) is 9.80. The van der Waals surface area contributed by atoms with Crippen LogP contribution in [0.4, 0.5) is 5.69 Å². The molecule has 6 heteroatoms. The predicted octanol–water partition coefficient (Wildman–Crippen LogP) is 5.94. The van der Waals surface area contributed by atoms with Crippen molar-refractivity contribution >= 4 is 44.1 Å². The van der Waals surface area contributed by atoms with Gasteiger partial charge in [0.25, 0.3) is 5.91 Å². The minimum absolute atomic E-state index is 0.0197. The third-order valence-corrected chi connectivity index (χ3v) is 6.11. The van der Waals surface area contributed by atoms with Gasteiger partial charge in [-0.15, -0.1) is 11.3 Å². The first-order chi connectivity index (χ1) is 15.0. The topological polar surface area (TPSA) is 72.2 Å². The van der Waals surface area contributed by atoms with Gasteiger partial charge in [0, 0.05) is 17.3 Å². The lowest BCUT2D eigenvalue weighted by Gasteiger charge is -2.06. The molecule has 0 saturated carbocycles. The van der Waals surface area contributed by atoms with Crippen molar-refractivity contribution in [2.45, 2.75) is 13.8 Å². The minimum Gasteiger partial charge on any atom is -0.451 e. The van der Waals surface area contributed by atoms with Crippen LogP contribution in [0.15, 0.2) is 75.9 Å². The Hall–Kier alpha value is -3.77. The molecule has 0 atom stereocenters. The summed E-state index contributed by atoms with van der Waals surface area (Å²) in [5, 5.41) is 4.17. The third-order valence-electron chi connectivity index (χ3n) is 5.04. The lowest BCUT2D eigenvalue weighted by atomic mass is 10.1. The predicted molar refractivity (Wildman–Crippen MR) is 125 cm³/mol. The van der Waals surface area contributed by atoms with Crippen LogP contribution in [0.3, 0.4) is 0 Å². The second-order valence-corrected chi connectivity index (χ2v) is 8.53. The summed E-state index contributed by atoms with van der Waals surface area (Å²) in [6.07, 6.45) is 0. The summed E-state index contributed by atoms with van der Waals surface area (Å²) in [5.41, 5.74) is 4.88. The average molecular weight is 426 g/mol. The second kappa shape index (κ2) is 7.49. The number of carbonyl (C=O) groups is 1. The van der Waals surface area contributed by atoms with Gasteiger partial charge in [-0.2, -0.15) is 0 Å². The highest BCUT2D eigenvalue weighted by molar-refractivity contribution is 7.21. The van der Waals surface area contributed by atoms with Crippen molar-refractivity contribution in [3.05, 3.63) is 93.8 Å². The number of anilines is 1. The Labute approximate surface area is 182 Å². The maximum atomic E-state index is 12.6. The summed E-state index contributed by atoms with van der Waals surface area (Å²) in [6.45, 7) is 3.97. The first-order valence-corrected chi connectivity index (χ1v) is 10.6. The quantitative estimate of drug-likeness (QED) is 0.388. The van der Waals surface area contributed by atoms with Gasteiger partial charge in [-0.25, -0.2) is 4.98 Å². The van der Waals surface area contributed by atoms with Gasteiger partial charge in [0.1, 0.15) is 10.6 Å². The van der Waals surface area contributed by atoms with Gasteiger partial charge < -0.3 is 9.73 Å². The van der Waals surface area contributed by atoms with Crippen molar-refractivity contribution in [3.63, 3.8) is 0 Å². The number of fused-ring (bicyclic) bond motifs is 2. The largest absolute Gasteiger partial charge is 0.451 e. The van der Waals surface area contributed by atoms with Crippen LogP contribution < -0.4 is 10.7 Å². The van der Waals surface area contributed by atoms with Crippen molar-refractivity contribution in [1.82, 2.24) is 4.98 Å². The lowest BCUT2D eigenvalue weighted by Crippen LogP contribution is -2.15. The number of thiazole rings is 1. The van der Waals surface area contributed by atoms with Crippen molar-refractivity contribution in [1.29, 1.82) is 0 Å². The Bertz CT molecular complexity index is 1510. The van der Waals surface area contributed by atoms with Crippen LogP contribution in [-0.2, 0) is 0 Å². The molecule has 5 aromatic rings. The number of benzene rings is 3. The zero-order chi connectivity index (χ0) is 21.5. The van der Waals surface area contributed by atoms with Crippen molar-refractivity contribution in [2.24, 2.45) is 0 Å². The van der Waals surface area contributed by atoms with E-state index < -0.39 is 5.91 Å². The SMILES string of the molecule is Cc1ccc2c(=O)cc(C(=O)Nc3ccc(-c4nc5ccc(C)cc5s4)cc3)oc2c1. The molecule has 0 bridgehead atoms. The van der Waals surface area contributed by atoms with E-state index in [1.54, 1.807) is 23.5 Å². The molecule has 5 rings (SSSR count). The van der Waals surface area contributed by atoms with Gasteiger partial charge in [0.05, 0.1) is 15.6 Å². The molecule has 0 spiro atoms. The van der Waals surface area contributed by atoms with E-state index in [2.05, 4.69) is 29.4 Å². The molecule has 0 aliphatic rings. The molecule has 0 aliphatic carbocycles. The Morgan fingerprint density at radius 1 is 0.935 bits per heavy atom. The number of carbonyl (C=O) groups excluding carboxylic acids is 1. The highest BCUT2D eigenvalue weighted by Gasteiger charge is 2.13. The van der Waals surface area contributed by atoms with E-state index in [1.165, 1.54) is 11.6 Å². The molecular weight excluding hydrogens is 408 g/mol. The average Bonchev–Trinajstić information content (AvgIpc) is 3.17. The molecule has 0 radical (unpaired) electrons. The molecular formula is C25H18N2O3S. The highest BCUT2D eigenvalue weighted by Crippen LogP contribution is 2.31. The summed E-state index contributed by atoms with van der Waals surface area (Å²) < 4.78 is 6.82. The van der Waals surface area contributed by atoms with E-state index in [0.717, 1.165) is 26.4 Å². The highest BCUT2D eigenvalue weighted by atomic mass is 32.1. The van der Waals surface area contributed by atoms with Crippen LogP contribution in [0.1, 0.15) is 21.7 Å². The summed E-state index contributed by atoms with van der Waals surface area (Å²) in [5.74, 6) is -0.488. The first kappa shape index (κ1) is 19.2. The molecule has 1 amide bonds. The summed E-state index contributed by atoms with van der Waals surface area (Å²) >= 11 is 1.64. The fourth-order valence-electron chi connectivity index (χ4n) is 3.42. The molecule has 152 valence electrons. The monoisotopic (exact) mass is 426 g/mol. The van der Waals surface area contributed by atoms with Crippen molar-refractivity contribution in [2.75, 3.05) is 5.32 Å². The molecule has 3 aromatic carbocycles. The van der Waals surface area contributed by atoms with E-state index in [9.17, 15) is 9.59 Å².